The van der Waals surface area contributed by atoms with Crippen molar-refractivity contribution in [1.82, 2.24) is 10.1 Å². The summed E-state index contributed by atoms with van der Waals surface area (Å²) in [6, 6.07) is 1.53. The zero-order chi connectivity index (χ0) is 13.8. The van der Waals surface area contributed by atoms with Gasteiger partial charge in [-0.25, -0.2) is 4.79 Å². The van der Waals surface area contributed by atoms with E-state index in [1.165, 1.54) is 0 Å². The highest BCUT2D eigenvalue weighted by molar-refractivity contribution is 6.17. The molecule has 0 radical (unpaired) electrons. The quantitative estimate of drug-likeness (QED) is 0.858. The van der Waals surface area contributed by atoms with Gasteiger partial charge in [0.2, 0.25) is 0 Å². The van der Waals surface area contributed by atoms with Crippen LogP contribution < -0.4 is 5.32 Å². The van der Waals surface area contributed by atoms with E-state index in [1.807, 2.05) is 20.8 Å². The Morgan fingerprint density at radius 1 is 1.56 bits per heavy atom. The fourth-order valence-corrected chi connectivity index (χ4v) is 1.41. The molecule has 1 N–H and O–H groups in total. The van der Waals surface area contributed by atoms with Gasteiger partial charge >= 0.3 is 6.03 Å². The third kappa shape index (κ3) is 4.22. The Hall–Kier alpha value is -1.23. The molecule has 5 nitrogen and oxygen atoms in total. The number of hydrogen-bond acceptors (Lipinski definition) is 3. The lowest BCUT2D eigenvalue weighted by atomic mass is 9.93. The van der Waals surface area contributed by atoms with Crippen LogP contribution >= 0.6 is 11.6 Å². The third-order valence-electron chi connectivity index (χ3n) is 2.46. The normalized spacial score (nSPS) is 11.4. The van der Waals surface area contributed by atoms with Crippen LogP contribution in [0.25, 0.3) is 0 Å². The van der Waals surface area contributed by atoms with Crippen LogP contribution in [0.5, 0.6) is 0 Å². The fourth-order valence-electron chi connectivity index (χ4n) is 1.29. The molecule has 0 fully saturated rings. The minimum atomic E-state index is -0.214. The molecular weight excluding hydrogens is 254 g/mol. The standard InChI is InChI=1S/C12H20ClN3O2/c1-12(2,3)9-8-10(15-18-9)14-11(17)16(4)7-5-6-13/h8H,5-7H2,1-4H3,(H,14,15,17). The number of carbonyl (C=O) groups is 1. The first-order valence-corrected chi connectivity index (χ1v) is 6.43. The molecule has 0 spiro atoms. The lowest BCUT2D eigenvalue weighted by Crippen LogP contribution is -2.32. The van der Waals surface area contributed by atoms with Crippen molar-refractivity contribution in [3.63, 3.8) is 0 Å². The summed E-state index contributed by atoms with van der Waals surface area (Å²) in [5.74, 6) is 1.71. The number of hydrogen-bond donors (Lipinski definition) is 1. The van der Waals surface area contributed by atoms with Crippen LogP contribution in [0.15, 0.2) is 10.6 Å². The number of rotatable bonds is 4. The molecule has 0 unspecified atom stereocenters. The smallest absolute Gasteiger partial charge is 0.322 e. The molecule has 1 rings (SSSR count). The largest absolute Gasteiger partial charge is 0.359 e. The summed E-state index contributed by atoms with van der Waals surface area (Å²) in [6.45, 7) is 6.67. The van der Waals surface area contributed by atoms with Gasteiger partial charge in [0.15, 0.2) is 5.82 Å². The van der Waals surface area contributed by atoms with Gasteiger partial charge in [0.25, 0.3) is 0 Å². The van der Waals surface area contributed by atoms with Crippen molar-refractivity contribution in [3.8, 4) is 0 Å². The Bertz CT molecular complexity index is 398. The van der Waals surface area contributed by atoms with Crippen LogP contribution in [0.3, 0.4) is 0 Å². The zero-order valence-corrected chi connectivity index (χ0v) is 12.0. The maximum Gasteiger partial charge on any atom is 0.322 e. The predicted molar refractivity (Wildman–Crippen MR) is 72.2 cm³/mol. The van der Waals surface area contributed by atoms with Crippen LogP contribution in [-0.2, 0) is 5.41 Å². The molecule has 0 aromatic carbocycles. The lowest BCUT2D eigenvalue weighted by molar-refractivity contribution is 0.222. The van der Waals surface area contributed by atoms with Crippen molar-refractivity contribution in [2.45, 2.75) is 32.6 Å². The van der Waals surface area contributed by atoms with E-state index in [2.05, 4.69) is 10.5 Å². The molecule has 6 heteroatoms. The molecule has 18 heavy (non-hydrogen) atoms. The molecule has 2 amide bonds. The SMILES string of the molecule is CN(CCCCl)C(=O)Nc1cc(C(C)(C)C)on1. The summed E-state index contributed by atoms with van der Waals surface area (Å²) in [5.41, 5.74) is -0.125. The first-order chi connectivity index (χ1) is 8.34. The van der Waals surface area contributed by atoms with E-state index >= 15 is 0 Å². The Kier molecular flexibility index (Phi) is 5.02. The minimum absolute atomic E-state index is 0.125. The summed E-state index contributed by atoms with van der Waals surface area (Å²) in [4.78, 5) is 13.3. The maximum atomic E-state index is 11.8. The molecule has 0 atom stereocenters. The highest BCUT2D eigenvalue weighted by Crippen LogP contribution is 2.24. The van der Waals surface area contributed by atoms with E-state index in [0.29, 0.717) is 18.2 Å². The summed E-state index contributed by atoms with van der Waals surface area (Å²) in [7, 11) is 1.71. The molecule has 0 bridgehead atoms. The summed E-state index contributed by atoms with van der Waals surface area (Å²) >= 11 is 5.58. The Morgan fingerprint density at radius 3 is 2.72 bits per heavy atom. The van der Waals surface area contributed by atoms with Crippen LogP contribution in [0.4, 0.5) is 10.6 Å². The monoisotopic (exact) mass is 273 g/mol. The van der Waals surface area contributed by atoms with E-state index in [-0.39, 0.29) is 11.4 Å². The molecular formula is C12H20ClN3O2. The molecule has 0 saturated carbocycles. The van der Waals surface area contributed by atoms with Crippen molar-refractivity contribution in [2.24, 2.45) is 0 Å². The topological polar surface area (TPSA) is 58.4 Å². The second-order valence-electron chi connectivity index (χ2n) is 5.22. The highest BCUT2D eigenvalue weighted by atomic mass is 35.5. The van der Waals surface area contributed by atoms with E-state index in [0.717, 1.165) is 12.2 Å². The Balaban J connectivity index is 2.57. The van der Waals surface area contributed by atoms with Crippen molar-refractivity contribution >= 4 is 23.4 Å². The summed E-state index contributed by atoms with van der Waals surface area (Å²) in [5, 5.41) is 6.51. The van der Waals surface area contributed by atoms with Gasteiger partial charge in [-0.2, -0.15) is 0 Å². The number of nitrogens with one attached hydrogen (secondary N) is 1. The molecule has 1 aromatic rings. The number of nitrogens with zero attached hydrogens (tertiary/aromatic N) is 2. The van der Waals surface area contributed by atoms with Crippen LogP contribution in [0, 0.1) is 0 Å². The number of aromatic nitrogens is 1. The number of halogens is 1. The van der Waals surface area contributed by atoms with Crippen LogP contribution in [0.1, 0.15) is 33.0 Å². The van der Waals surface area contributed by atoms with E-state index in [1.54, 1.807) is 18.0 Å². The average Bonchev–Trinajstić information content (AvgIpc) is 2.73. The summed E-state index contributed by atoms with van der Waals surface area (Å²) < 4.78 is 5.19. The van der Waals surface area contributed by atoms with Crippen molar-refractivity contribution in [1.29, 1.82) is 0 Å². The zero-order valence-electron chi connectivity index (χ0n) is 11.3. The number of amides is 2. The highest BCUT2D eigenvalue weighted by Gasteiger charge is 2.20. The van der Waals surface area contributed by atoms with Crippen LogP contribution in [0.2, 0.25) is 0 Å². The molecule has 1 heterocycles. The predicted octanol–water partition coefficient (Wildman–Crippen LogP) is 3.06. The second kappa shape index (κ2) is 6.09. The average molecular weight is 274 g/mol. The van der Waals surface area contributed by atoms with Gasteiger partial charge in [-0.1, -0.05) is 25.9 Å². The number of urea groups is 1. The molecule has 0 aliphatic rings. The van der Waals surface area contributed by atoms with Gasteiger partial charge in [0, 0.05) is 31.0 Å². The van der Waals surface area contributed by atoms with Gasteiger partial charge in [0.1, 0.15) is 5.76 Å². The van der Waals surface area contributed by atoms with E-state index in [4.69, 9.17) is 16.1 Å². The summed E-state index contributed by atoms with van der Waals surface area (Å²) in [6.07, 6.45) is 0.761. The van der Waals surface area contributed by atoms with Gasteiger partial charge in [-0.3, -0.25) is 5.32 Å². The first kappa shape index (κ1) is 14.8. The molecule has 102 valence electrons. The lowest BCUT2D eigenvalue weighted by Gasteiger charge is -2.15. The fraction of sp³-hybridized carbons (Fsp3) is 0.667. The number of alkyl halides is 1. The van der Waals surface area contributed by atoms with Gasteiger partial charge in [-0.15, -0.1) is 11.6 Å². The van der Waals surface area contributed by atoms with Crippen molar-refractivity contribution in [3.05, 3.63) is 11.8 Å². The van der Waals surface area contributed by atoms with Gasteiger partial charge in [0.05, 0.1) is 0 Å². The van der Waals surface area contributed by atoms with Gasteiger partial charge < -0.3 is 9.42 Å². The van der Waals surface area contributed by atoms with Crippen molar-refractivity contribution < 1.29 is 9.32 Å². The Morgan fingerprint density at radius 2 is 2.22 bits per heavy atom. The molecule has 0 aliphatic heterocycles. The molecule has 1 aromatic heterocycles. The van der Waals surface area contributed by atoms with E-state index in [9.17, 15) is 4.79 Å². The van der Waals surface area contributed by atoms with Crippen LogP contribution in [-0.4, -0.2) is 35.6 Å². The molecule has 0 aliphatic carbocycles. The molecule has 0 saturated heterocycles. The maximum absolute atomic E-state index is 11.8. The Labute approximate surface area is 112 Å². The first-order valence-electron chi connectivity index (χ1n) is 5.90. The number of carbonyl (C=O) groups excluding carboxylic acids is 1. The van der Waals surface area contributed by atoms with Gasteiger partial charge in [-0.05, 0) is 6.42 Å². The second-order valence-corrected chi connectivity index (χ2v) is 5.60. The minimum Gasteiger partial charge on any atom is -0.359 e. The van der Waals surface area contributed by atoms with Crippen molar-refractivity contribution in [2.75, 3.05) is 24.8 Å². The van der Waals surface area contributed by atoms with E-state index < -0.39 is 0 Å². The number of anilines is 1. The third-order valence-corrected chi connectivity index (χ3v) is 2.73.